The molecule has 4 nitrogen and oxygen atoms in total. The van der Waals surface area contributed by atoms with Crippen molar-refractivity contribution >= 4 is 17.4 Å². The fourth-order valence-electron chi connectivity index (χ4n) is 2.02. The van der Waals surface area contributed by atoms with E-state index < -0.39 is 0 Å². The number of rotatable bonds is 4. The van der Waals surface area contributed by atoms with Crippen molar-refractivity contribution in [1.82, 2.24) is 15.0 Å². The van der Waals surface area contributed by atoms with E-state index in [0.717, 1.165) is 5.56 Å². The summed E-state index contributed by atoms with van der Waals surface area (Å²) in [6, 6.07) is 12.5. The van der Waals surface area contributed by atoms with Crippen molar-refractivity contribution in [3.05, 3.63) is 77.2 Å². The van der Waals surface area contributed by atoms with Crippen LogP contribution < -0.4 is 0 Å². The van der Waals surface area contributed by atoms with Crippen LogP contribution in [-0.4, -0.2) is 20.7 Å². The van der Waals surface area contributed by atoms with Crippen LogP contribution in [0.2, 0.25) is 5.02 Å². The zero-order valence-corrected chi connectivity index (χ0v) is 12.4. The maximum Gasteiger partial charge on any atom is 0.178 e. The second kappa shape index (κ2) is 6.45. The van der Waals surface area contributed by atoms with Gasteiger partial charge in [0.05, 0.1) is 0 Å². The topological polar surface area (TPSA) is 55.7 Å². The number of Topliss-reactive ketones (excluding diaryl/α,β-unsaturated/α-hetero) is 1. The Hall–Kier alpha value is -2.59. The predicted molar refractivity (Wildman–Crippen MR) is 84.7 cm³/mol. The molecule has 0 unspecified atom stereocenters. The summed E-state index contributed by atoms with van der Waals surface area (Å²) >= 11 is 5.90. The van der Waals surface area contributed by atoms with E-state index in [1.54, 1.807) is 42.9 Å². The highest BCUT2D eigenvalue weighted by Gasteiger charge is 2.09. The first-order valence-corrected chi connectivity index (χ1v) is 7.11. The summed E-state index contributed by atoms with van der Waals surface area (Å²) in [5, 5.41) is 0.549. The summed E-state index contributed by atoms with van der Waals surface area (Å²) in [6.07, 6.45) is 5.23. The Bertz CT molecular complexity index is 789. The van der Waals surface area contributed by atoms with Crippen LogP contribution >= 0.6 is 11.6 Å². The van der Waals surface area contributed by atoms with Crippen LogP contribution in [0.3, 0.4) is 0 Å². The van der Waals surface area contributed by atoms with Crippen LogP contribution in [0, 0.1) is 0 Å². The molecule has 1 aromatic carbocycles. The number of carbonyl (C=O) groups is 1. The summed E-state index contributed by atoms with van der Waals surface area (Å²) in [6.45, 7) is 0. The minimum Gasteiger partial charge on any atom is -0.294 e. The predicted octanol–water partition coefficient (Wildman–Crippen LogP) is 3.62. The quantitative estimate of drug-likeness (QED) is 0.691. The van der Waals surface area contributed by atoms with E-state index in [1.165, 1.54) is 0 Å². The molecule has 0 aliphatic heterocycles. The molecule has 108 valence electrons. The van der Waals surface area contributed by atoms with Crippen LogP contribution in [-0.2, 0) is 6.42 Å². The number of ketones is 1. The van der Waals surface area contributed by atoms with Gasteiger partial charge in [0.15, 0.2) is 11.6 Å². The summed E-state index contributed by atoms with van der Waals surface area (Å²) in [5.74, 6) is 0.524. The van der Waals surface area contributed by atoms with E-state index in [-0.39, 0.29) is 12.2 Å². The highest BCUT2D eigenvalue weighted by Crippen LogP contribution is 2.14. The smallest absolute Gasteiger partial charge is 0.178 e. The van der Waals surface area contributed by atoms with Crippen molar-refractivity contribution in [2.45, 2.75) is 6.42 Å². The molecular formula is C17H12ClN3O. The fourth-order valence-corrected chi connectivity index (χ4v) is 2.21. The summed E-state index contributed by atoms with van der Waals surface area (Å²) in [7, 11) is 0. The van der Waals surface area contributed by atoms with E-state index in [9.17, 15) is 4.79 Å². The molecule has 0 aliphatic rings. The number of benzene rings is 1. The van der Waals surface area contributed by atoms with Crippen LogP contribution in [0.25, 0.3) is 11.5 Å². The van der Waals surface area contributed by atoms with Crippen molar-refractivity contribution in [2.24, 2.45) is 0 Å². The van der Waals surface area contributed by atoms with Gasteiger partial charge in [0, 0.05) is 35.6 Å². The lowest BCUT2D eigenvalue weighted by Crippen LogP contribution is -2.04. The molecule has 5 heteroatoms. The van der Waals surface area contributed by atoms with E-state index >= 15 is 0 Å². The number of nitrogens with zero attached hydrogens (tertiary/aromatic N) is 3. The molecule has 0 saturated carbocycles. The third-order valence-electron chi connectivity index (χ3n) is 3.11. The maximum absolute atomic E-state index is 12.2. The molecule has 3 aromatic rings. The number of hydrogen-bond acceptors (Lipinski definition) is 4. The Kier molecular flexibility index (Phi) is 4.21. The number of pyridine rings is 1. The van der Waals surface area contributed by atoms with Gasteiger partial charge in [0.25, 0.3) is 0 Å². The lowest BCUT2D eigenvalue weighted by molar-refractivity contribution is 0.0993. The minimum absolute atomic E-state index is 0.0170. The third kappa shape index (κ3) is 3.35. The third-order valence-corrected chi connectivity index (χ3v) is 3.35. The molecule has 0 saturated heterocycles. The zero-order valence-electron chi connectivity index (χ0n) is 11.6. The van der Waals surface area contributed by atoms with Crippen LogP contribution in [0.1, 0.15) is 15.9 Å². The molecule has 0 amide bonds. The SMILES string of the molecule is O=C(Cc1cnc(-c2ccccn2)nc1)c1cccc(Cl)c1. The van der Waals surface area contributed by atoms with Gasteiger partial charge >= 0.3 is 0 Å². The Morgan fingerprint density at radius 3 is 2.50 bits per heavy atom. The molecule has 0 atom stereocenters. The van der Waals surface area contributed by atoms with Gasteiger partial charge in [-0.15, -0.1) is 0 Å². The standard InChI is InChI=1S/C17H12ClN3O/c18-14-5-3-4-13(9-14)16(22)8-12-10-20-17(21-11-12)15-6-1-2-7-19-15/h1-7,9-11H,8H2. The number of aromatic nitrogens is 3. The minimum atomic E-state index is -0.0170. The summed E-state index contributed by atoms with van der Waals surface area (Å²) in [4.78, 5) is 24.9. The molecule has 2 aromatic heterocycles. The molecular weight excluding hydrogens is 298 g/mol. The Morgan fingerprint density at radius 1 is 1.00 bits per heavy atom. The number of hydrogen-bond donors (Lipinski definition) is 0. The van der Waals surface area contributed by atoms with Gasteiger partial charge in [0.2, 0.25) is 0 Å². The van der Waals surface area contributed by atoms with Gasteiger partial charge in [0.1, 0.15) is 5.69 Å². The highest BCUT2D eigenvalue weighted by molar-refractivity contribution is 6.31. The van der Waals surface area contributed by atoms with Gasteiger partial charge in [-0.3, -0.25) is 9.78 Å². The lowest BCUT2D eigenvalue weighted by atomic mass is 10.1. The van der Waals surface area contributed by atoms with E-state index in [4.69, 9.17) is 11.6 Å². The maximum atomic E-state index is 12.2. The Balaban J connectivity index is 1.75. The number of halogens is 1. The van der Waals surface area contributed by atoms with E-state index in [0.29, 0.717) is 22.1 Å². The number of carbonyl (C=O) groups excluding carboxylic acids is 1. The van der Waals surface area contributed by atoms with Gasteiger partial charge in [-0.2, -0.15) is 0 Å². The molecule has 2 heterocycles. The first kappa shape index (κ1) is 14.4. The zero-order chi connectivity index (χ0) is 15.4. The van der Waals surface area contributed by atoms with Crippen molar-refractivity contribution < 1.29 is 4.79 Å². The van der Waals surface area contributed by atoms with Crippen LogP contribution in [0.5, 0.6) is 0 Å². The van der Waals surface area contributed by atoms with Crippen molar-refractivity contribution in [2.75, 3.05) is 0 Å². The van der Waals surface area contributed by atoms with Crippen molar-refractivity contribution in [3.63, 3.8) is 0 Å². The van der Waals surface area contributed by atoms with Gasteiger partial charge in [-0.25, -0.2) is 9.97 Å². The van der Waals surface area contributed by atoms with Crippen molar-refractivity contribution in [1.29, 1.82) is 0 Å². The van der Waals surface area contributed by atoms with E-state index in [1.807, 2.05) is 18.2 Å². The molecule has 0 fully saturated rings. The summed E-state index contributed by atoms with van der Waals surface area (Å²) < 4.78 is 0. The Labute approximate surface area is 132 Å². The average molecular weight is 310 g/mol. The molecule has 3 rings (SSSR count). The second-order valence-corrected chi connectivity index (χ2v) is 5.18. The van der Waals surface area contributed by atoms with Crippen LogP contribution in [0.15, 0.2) is 61.1 Å². The molecule has 0 bridgehead atoms. The molecule has 0 N–H and O–H groups in total. The largest absolute Gasteiger partial charge is 0.294 e. The Morgan fingerprint density at radius 2 is 1.82 bits per heavy atom. The summed E-state index contributed by atoms with van der Waals surface area (Å²) in [5.41, 5.74) is 2.04. The normalized spacial score (nSPS) is 10.4. The van der Waals surface area contributed by atoms with Crippen molar-refractivity contribution in [3.8, 4) is 11.5 Å². The molecule has 0 aliphatic carbocycles. The fraction of sp³-hybridized carbons (Fsp3) is 0.0588. The van der Waals surface area contributed by atoms with Gasteiger partial charge in [-0.05, 0) is 29.8 Å². The molecule has 0 radical (unpaired) electrons. The van der Waals surface area contributed by atoms with E-state index in [2.05, 4.69) is 15.0 Å². The monoisotopic (exact) mass is 309 g/mol. The average Bonchev–Trinajstić information content (AvgIpc) is 2.56. The van der Waals surface area contributed by atoms with Gasteiger partial charge < -0.3 is 0 Å². The first-order valence-electron chi connectivity index (χ1n) is 6.73. The molecule has 0 spiro atoms. The van der Waals surface area contributed by atoms with Crippen LogP contribution in [0.4, 0.5) is 0 Å². The first-order chi connectivity index (χ1) is 10.7. The lowest BCUT2D eigenvalue weighted by Gasteiger charge is -2.03. The van der Waals surface area contributed by atoms with Gasteiger partial charge in [-0.1, -0.05) is 29.8 Å². The highest BCUT2D eigenvalue weighted by atomic mass is 35.5. The molecule has 22 heavy (non-hydrogen) atoms. The second-order valence-electron chi connectivity index (χ2n) is 4.74.